The molecule has 19 heavy (non-hydrogen) atoms. The van der Waals surface area contributed by atoms with Gasteiger partial charge < -0.3 is 10.5 Å². The van der Waals surface area contributed by atoms with E-state index in [2.05, 4.69) is 16.0 Å². The molecule has 0 amide bonds. The molecule has 0 fully saturated rings. The van der Waals surface area contributed by atoms with Crippen LogP contribution in [0.3, 0.4) is 0 Å². The van der Waals surface area contributed by atoms with Crippen molar-refractivity contribution in [2.75, 3.05) is 12.8 Å². The van der Waals surface area contributed by atoms with Crippen LogP contribution in [0, 0.1) is 0 Å². The molecule has 3 rings (SSSR count). The van der Waals surface area contributed by atoms with E-state index in [1.54, 1.807) is 13.3 Å². The number of fused-ring (bicyclic) bond motifs is 1. The van der Waals surface area contributed by atoms with Crippen molar-refractivity contribution >= 4 is 16.7 Å². The van der Waals surface area contributed by atoms with Crippen molar-refractivity contribution in [2.45, 2.75) is 0 Å². The van der Waals surface area contributed by atoms with Crippen LogP contribution in [0.1, 0.15) is 0 Å². The number of hydrogen-bond donors (Lipinski definition) is 1. The number of anilines is 1. The van der Waals surface area contributed by atoms with Gasteiger partial charge in [0.1, 0.15) is 5.75 Å². The average Bonchev–Trinajstić information content (AvgIpc) is 2.46. The third-order valence-corrected chi connectivity index (χ3v) is 3.04. The minimum atomic E-state index is 0.257. The number of benzene rings is 2. The Labute approximate surface area is 110 Å². The summed E-state index contributed by atoms with van der Waals surface area (Å²) in [6.07, 6.45) is 1.65. The van der Waals surface area contributed by atoms with Crippen LogP contribution in [-0.2, 0) is 0 Å². The zero-order chi connectivity index (χ0) is 13.2. The van der Waals surface area contributed by atoms with E-state index >= 15 is 0 Å². The average molecular weight is 251 g/mol. The summed E-state index contributed by atoms with van der Waals surface area (Å²) < 4.78 is 5.45. The highest BCUT2D eigenvalue weighted by Crippen LogP contribution is 2.35. The van der Waals surface area contributed by atoms with Crippen LogP contribution in [0.15, 0.2) is 48.7 Å². The summed E-state index contributed by atoms with van der Waals surface area (Å²) in [6, 6.07) is 13.9. The van der Waals surface area contributed by atoms with Crippen molar-refractivity contribution in [3.8, 4) is 17.0 Å². The lowest BCUT2D eigenvalue weighted by Gasteiger charge is -2.11. The van der Waals surface area contributed by atoms with Crippen LogP contribution >= 0.6 is 0 Å². The van der Waals surface area contributed by atoms with Gasteiger partial charge in [-0.05, 0) is 22.9 Å². The number of nitrogens with zero attached hydrogens (tertiary/aromatic N) is 2. The monoisotopic (exact) mass is 251 g/mol. The number of hydrogen-bond acceptors (Lipinski definition) is 4. The van der Waals surface area contributed by atoms with Gasteiger partial charge in [-0.2, -0.15) is 0 Å². The number of nitrogen functional groups attached to an aromatic ring is 1. The number of rotatable bonds is 2. The summed E-state index contributed by atoms with van der Waals surface area (Å²) in [5.74, 6) is 1.03. The highest BCUT2D eigenvalue weighted by molar-refractivity contribution is 5.98. The Hall–Kier alpha value is -2.62. The van der Waals surface area contributed by atoms with Gasteiger partial charge in [0, 0.05) is 6.20 Å². The first-order valence-corrected chi connectivity index (χ1v) is 5.94. The standard InChI is InChI=1S/C15H13N3O/c1-19-13-7-6-10-4-2-3-5-11(10)14(13)12-8-9-17-15(16)18-12/h2-9H,1H3,(H2,16,17,18). The molecule has 0 aliphatic carbocycles. The molecule has 0 aliphatic heterocycles. The van der Waals surface area contributed by atoms with E-state index in [-0.39, 0.29) is 5.95 Å². The largest absolute Gasteiger partial charge is 0.496 e. The molecule has 1 heterocycles. The number of ether oxygens (including phenoxy) is 1. The maximum atomic E-state index is 5.67. The Bertz CT molecular complexity index is 740. The van der Waals surface area contributed by atoms with Gasteiger partial charge in [-0.1, -0.05) is 30.3 Å². The van der Waals surface area contributed by atoms with Crippen LogP contribution in [0.4, 0.5) is 5.95 Å². The first-order valence-electron chi connectivity index (χ1n) is 5.94. The lowest BCUT2D eigenvalue weighted by Crippen LogP contribution is -1.97. The summed E-state index contributed by atoms with van der Waals surface area (Å²) in [6.45, 7) is 0. The Balaban J connectivity index is 2.37. The zero-order valence-corrected chi connectivity index (χ0v) is 10.5. The summed E-state index contributed by atoms with van der Waals surface area (Å²) in [4.78, 5) is 8.22. The molecule has 0 radical (unpaired) electrons. The Morgan fingerprint density at radius 1 is 1.05 bits per heavy atom. The fraction of sp³-hybridized carbons (Fsp3) is 0.0667. The van der Waals surface area contributed by atoms with Gasteiger partial charge in [-0.3, -0.25) is 0 Å². The summed E-state index contributed by atoms with van der Waals surface area (Å²) in [5, 5.41) is 2.22. The minimum absolute atomic E-state index is 0.257. The van der Waals surface area contributed by atoms with Crippen molar-refractivity contribution < 1.29 is 4.74 Å². The van der Waals surface area contributed by atoms with E-state index in [9.17, 15) is 0 Å². The lowest BCUT2D eigenvalue weighted by atomic mass is 10.0. The molecule has 4 heteroatoms. The van der Waals surface area contributed by atoms with E-state index in [4.69, 9.17) is 10.5 Å². The molecule has 0 saturated carbocycles. The van der Waals surface area contributed by atoms with Crippen molar-refractivity contribution in [2.24, 2.45) is 0 Å². The fourth-order valence-corrected chi connectivity index (χ4v) is 2.20. The second-order valence-electron chi connectivity index (χ2n) is 4.16. The molecule has 0 bridgehead atoms. The summed E-state index contributed by atoms with van der Waals surface area (Å²) in [7, 11) is 1.65. The summed E-state index contributed by atoms with van der Waals surface area (Å²) >= 11 is 0. The van der Waals surface area contributed by atoms with E-state index in [0.717, 1.165) is 27.8 Å². The molecule has 4 nitrogen and oxygen atoms in total. The molecule has 0 aliphatic rings. The predicted molar refractivity (Wildman–Crippen MR) is 75.9 cm³/mol. The predicted octanol–water partition coefficient (Wildman–Crippen LogP) is 2.89. The quantitative estimate of drug-likeness (QED) is 0.760. The van der Waals surface area contributed by atoms with Gasteiger partial charge >= 0.3 is 0 Å². The highest BCUT2D eigenvalue weighted by atomic mass is 16.5. The molecule has 0 atom stereocenters. The SMILES string of the molecule is COc1ccc2ccccc2c1-c1ccnc(N)n1. The van der Waals surface area contributed by atoms with Gasteiger partial charge in [-0.25, -0.2) is 9.97 Å². The van der Waals surface area contributed by atoms with Crippen LogP contribution in [0.25, 0.3) is 22.0 Å². The minimum Gasteiger partial charge on any atom is -0.496 e. The van der Waals surface area contributed by atoms with Crippen molar-refractivity contribution in [1.29, 1.82) is 0 Å². The van der Waals surface area contributed by atoms with E-state index in [1.807, 2.05) is 36.4 Å². The number of methoxy groups -OCH3 is 1. The third kappa shape index (κ3) is 1.97. The Morgan fingerprint density at radius 2 is 1.89 bits per heavy atom. The molecule has 0 spiro atoms. The first-order chi connectivity index (χ1) is 9.29. The van der Waals surface area contributed by atoms with Crippen LogP contribution < -0.4 is 10.5 Å². The fourth-order valence-electron chi connectivity index (χ4n) is 2.20. The maximum Gasteiger partial charge on any atom is 0.220 e. The second kappa shape index (κ2) is 4.57. The molecule has 3 aromatic rings. The molecule has 94 valence electrons. The smallest absolute Gasteiger partial charge is 0.220 e. The number of nitrogens with two attached hydrogens (primary N) is 1. The van der Waals surface area contributed by atoms with Crippen molar-refractivity contribution in [3.05, 3.63) is 48.7 Å². The molecular formula is C15H13N3O. The first kappa shape index (κ1) is 11.5. The molecule has 0 saturated heterocycles. The third-order valence-electron chi connectivity index (χ3n) is 3.04. The van der Waals surface area contributed by atoms with Crippen LogP contribution in [-0.4, -0.2) is 17.1 Å². The molecule has 0 unspecified atom stereocenters. The van der Waals surface area contributed by atoms with E-state index < -0.39 is 0 Å². The van der Waals surface area contributed by atoms with Gasteiger partial charge in [0.15, 0.2) is 0 Å². The lowest BCUT2D eigenvalue weighted by molar-refractivity contribution is 0.417. The highest BCUT2D eigenvalue weighted by Gasteiger charge is 2.12. The molecular weight excluding hydrogens is 238 g/mol. The normalized spacial score (nSPS) is 10.6. The van der Waals surface area contributed by atoms with E-state index in [0.29, 0.717) is 0 Å². The zero-order valence-electron chi connectivity index (χ0n) is 10.5. The topological polar surface area (TPSA) is 61.0 Å². The molecule has 2 N–H and O–H groups in total. The Morgan fingerprint density at radius 3 is 2.68 bits per heavy atom. The van der Waals surface area contributed by atoms with Crippen LogP contribution in [0.5, 0.6) is 5.75 Å². The van der Waals surface area contributed by atoms with Crippen molar-refractivity contribution in [1.82, 2.24) is 9.97 Å². The van der Waals surface area contributed by atoms with Gasteiger partial charge in [-0.15, -0.1) is 0 Å². The van der Waals surface area contributed by atoms with Crippen LogP contribution in [0.2, 0.25) is 0 Å². The molecule has 2 aromatic carbocycles. The molecule has 1 aromatic heterocycles. The number of aromatic nitrogens is 2. The Kier molecular flexibility index (Phi) is 2.76. The summed E-state index contributed by atoms with van der Waals surface area (Å²) in [5.41, 5.74) is 7.37. The van der Waals surface area contributed by atoms with Gasteiger partial charge in [0.2, 0.25) is 5.95 Å². The van der Waals surface area contributed by atoms with E-state index in [1.165, 1.54) is 0 Å². The van der Waals surface area contributed by atoms with Gasteiger partial charge in [0.25, 0.3) is 0 Å². The maximum absolute atomic E-state index is 5.67. The van der Waals surface area contributed by atoms with Crippen molar-refractivity contribution in [3.63, 3.8) is 0 Å². The van der Waals surface area contributed by atoms with Gasteiger partial charge in [0.05, 0.1) is 18.4 Å². The second-order valence-corrected chi connectivity index (χ2v) is 4.16.